The van der Waals surface area contributed by atoms with Gasteiger partial charge in [0.2, 0.25) is 5.91 Å². The van der Waals surface area contributed by atoms with Gasteiger partial charge in [0.25, 0.3) is 0 Å². The van der Waals surface area contributed by atoms with Crippen LogP contribution in [0.5, 0.6) is 17.2 Å². The van der Waals surface area contributed by atoms with Crippen LogP contribution < -0.4 is 19.5 Å². The first kappa shape index (κ1) is 20.0. The van der Waals surface area contributed by atoms with Crippen LogP contribution in [0, 0.1) is 0 Å². The molecule has 0 atom stereocenters. The number of ether oxygens (including phenoxy) is 3. The number of carbonyl (C=O) groups excluding carboxylic acids is 1. The number of hydrogen-bond donors (Lipinski definition) is 1. The van der Waals surface area contributed by atoms with Crippen molar-refractivity contribution in [3.63, 3.8) is 0 Å². The number of nitrogens with zero attached hydrogens (tertiary/aromatic N) is 1. The Morgan fingerprint density at radius 3 is 2.54 bits per heavy atom. The average molecular weight is 384 g/mol. The molecule has 0 saturated heterocycles. The molecule has 1 aliphatic heterocycles. The fourth-order valence-corrected chi connectivity index (χ4v) is 3.12. The summed E-state index contributed by atoms with van der Waals surface area (Å²) in [6.45, 7) is 5.45. The average Bonchev–Trinajstić information content (AvgIpc) is 2.69. The van der Waals surface area contributed by atoms with Gasteiger partial charge in [-0.3, -0.25) is 9.69 Å². The molecule has 1 amide bonds. The van der Waals surface area contributed by atoms with Gasteiger partial charge in [0.15, 0.2) is 11.5 Å². The van der Waals surface area contributed by atoms with E-state index in [1.165, 1.54) is 0 Å². The molecular weight excluding hydrogens is 356 g/mol. The zero-order valence-electron chi connectivity index (χ0n) is 16.6. The van der Waals surface area contributed by atoms with E-state index in [1.54, 1.807) is 0 Å². The Morgan fingerprint density at radius 1 is 1.07 bits per heavy atom. The van der Waals surface area contributed by atoms with Gasteiger partial charge in [0, 0.05) is 13.1 Å². The Kier molecular flexibility index (Phi) is 7.14. The normalized spacial score (nSPS) is 12.7. The maximum absolute atomic E-state index is 12.2. The molecule has 0 spiro atoms. The van der Waals surface area contributed by atoms with Crippen LogP contribution in [0.2, 0.25) is 0 Å². The van der Waals surface area contributed by atoms with Gasteiger partial charge in [-0.15, -0.1) is 0 Å². The number of rotatable bonds is 9. The molecule has 0 bridgehead atoms. The molecular formula is C22H28N2O4. The molecule has 0 aromatic heterocycles. The third kappa shape index (κ3) is 5.89. The molecule has 0 aliphatic carbocycles. The monoisotopic (exact) mass is 384 g/mol. The van der Waals surface area contributed by atoms with Crippen molar-refractivity contribution in [3.8, 4) is 17.2 Å². The SMILES string of the molecule is CCOc1ccc(CN(C)CC(=O)NCCc2ccc3c(c2)OCCO3)cc1. The van der Waals surface area contributed by atoms with Crippen LogP contribution in [-0.2, 0) is 17.8 Å². The van der Waals surface area contributed by atoms with Crippen LogP contribution >= 0.6 is 0 Å². The molecule has 1 heterocycles. The molecule has 1 aliphatic rings. The van der Waals surface area contributed by atoms with Crippen molar-refractivity contribution in [2.75, 3.05) is 40.0 Å². The summed E-state index contributed by atoms with van der Waals surface area (Å²) in [7, 11) is 1.94. The number of fused-ring (bicyclic) bond motifs is 1. The van der Waals surface area contributed by atoms with Crippen LogP contribution in [0.3, 0.4) is 0 Å². The van der Waals surface area contributed by atoms with Gasteiger partial charge in [-0.2, -0.15) is 0 Å². The summed E-state index contributed by atoms with van der Waals surface area (Å²) in [6, 6.07) is 13.9. The van der Waals surface area contributed by atoms with E-state index in [-0.39, 0.29) is 5.91 Å². The second-order valence-corrected chi connectivity index (χ2v) is 6.83. The number of nitrogens with one attached hydrogen (secondary N) is 1. The van der Waals surface area contributed by atoms with Crippen LogP contribution in [0.1, 0.15) is 18.1 Å². The highest BCUT2D eigenvalue weighted by Gasteiger charge is 2.12. The Labute approximate surface area is 166 Å². The van der Waals surface area contributed by atoms with Crippen molar-refractivity contribution in [3.05, 3.63) is 53.6 Å². The number of benzene rings is 2. The smallest absolute Gasteiger partial charge is 0.234 e. The van der Waals surface area contributed by atoms with Crippen molar-refractivity contribution in [2.45, 2.75) is 19.9 Å². The minimum absolute atomic E-state index is 0.0194. The minimum atomic E-state index is 0.0194. The quantitative estimate of drug-likeness (QED) is 0.720. The fourth-order valence-electron chi connectivity index (χ4n) is 3.12. The molecule has 3 rings (SSSR count). The Hall–Kier alpha value is -2.73. The van der Waals surface area contributed by atoms with Gasteiger partial charge in [-0.05, 0) is 55.8 Å². The Balaban J connectivity index is 1.39. The predicted octanol–water partition coefficient (Wildman–Crippen LogP) is 2.65. The van der Waals surface area contributed by atoms with E-state index in [2.05, 4.69) is 5.32 Å². The second-order valence-electron chi connectivity index (χ2n) is 6.83. The van der Waals surface area contributed by atoms with Crippen LogP contribution in [0.15, 0.2) is 42.5 Å². The van der Waals surface area contributed by atoms with Crippen molar-refractivity contribution >= 4 is 5.91 Å². The van der Waals surface area contributed by atoms with E-state index in [9.17, 15) is 4.79 Å². The maximum atomic E-state index is 12.2. The number of likely N-dealkylation sites (N-methyl/N-ethyl adjacent to an activating group) is 1. The topological polar surface area (TPSA) is 60.0 Å². The summed E-state index contributed by atoms with van der Waals surface area (Å²) in [5, 5.41) is 2.98. The molecule has 150 valence electrons. The van der Waals surface area contributed by atoms with Gasteiger partial charge < -0.3 is 19.5 Å². The first-order valence-corrected chi connectivity index (χ1v) is 9.69. The third-order valence-corrected chi connectivity index (χ3v) is 4.44. The Morgan fingerprint density at radius 2 is 1.79 bits per heavy atom. The van der Waals surface area contributed by atoms with E-state index < -0.39 is 0 Å². The van der Waals surface area contributed by atoms with E-state index in [0.717, 1.165) is 34.8 Å². The Bertz CT molecular complexity index is 777. The van der Waals surface area contributed by atoms with Gasteiger partial charge >= 0.3 is 0 Å². The number of carbonyl (C=O) groups is 1. The molecule has 0 saturated carbocycles. The van der Waals surface area contributed by atoms with Gasteiger partial charge in [0.05, 0.1) is 13.2 Å². The molecule has 1 N–H and O–H groups in total. The lowest BCUT2D eigenvalue weighted by Gasteiger charge is -2.19. The standard InChI is InChI=1S/C22H28N2O4/c1-3-26-19-7-4-18(5-8-19)15-24(2)16-22(25)23-11-10-17-6-9-20-21(14-17)28-13-12-27-20/h4-9,14H,3,10-13,15-16H2,1-2H3,(H,23,25). The van der Waals surface area contributed by atoms with Crippen LogP contribution in [0.25, 0.3) is 0 Å². The summed E-state index contributed by atoms with van der Waals surface area (Å²) >= 11 is 0. The zero-order chi connectivity index (χ0) is 19.8. The first-order valence-electron chi connectivity index (χ1n) is 9.69. The second kappa shape index (κ2) is 9.99. The predicted molar refractivity (Wildman–Crippen MR) is 108 cm³/mol. The molecule has 2 aromatic carbocycles. The van der Waals surface area contributed by atoms with Crippen molar-refractivity contribution in [2.24, 2.45) is 0 Å². The summed E-state index contributed by atoms with van der Waals surface area (Å²) in [5.74, 6) is 2.46. The number of hydrogen-bond acceptors (Lipinski definition) is 5. The highest BCUT2D eigenvalue weighted by atomic mass is 16.6. The summed E-state index contributed by atoms with van der Waals surface area (Å²) in [6.07, 6.45) is 0.755. The van der Waals surface area contributed by atoms with Gasteiger partial charge in [-0.1, -0.05) is 18.2 Å². The van der Waals surface area contributed by atoms with Crippen molar-refractivity contribution in [1.29, 1.82) is 0 Å². The lowest BCUT2D eigenvalue weighted by molar-refractivity contribution is -0.122. The molecule has 6 nitrogen and oxygen atoms in total. The first-order chi connectivity index (χ1) is 13.6. The van der Waals surface area contributed by atoms with E-state index in [1.807, 2.05) is 61.3 Å². The fraction of sp³-hybridized carbons (Fsp3) is 0.409. The largest absolute Gasteiger partial charge is 0.494 e. The molecule has 6 heteroatoms. The molecule has 28 heavy (non-hydrogen) atoms. The summed E-state index contributed by atoms with van der Waals surface area (Å²) < 4.78 is 16.6. The third-order valence-electron chi connectivity index (χ3n) is 4.44. The van der Waals surface area contributed by atoms with Crippen molar-refractivity contribution < 1.29 is 19.0 Å². The van der Waals surface area contributed by atoms with Crippen LogP contribution in [0.4, 0.5) is 0 Å². The summed E-state index contributed by atoms with van der Waals surface area (Å²) in [5.41, 5.74) is 2.27. The highest BCUT2D eigenvalue weighted by Crippen LogP contribution is 2.30. The molecule has 0 fully saturated rings. The number of amides is 1. The lowest BCUT2D eigenvalue weighted by Crippen LogP contribution is -2.35. The molecule has 0 radical (unpaired) electrons. The van der Waals surface area contributed by atoms with Crippen molar-refractivity contribution in [1.82, 2.24) is 10.2 Å². The lowest BCUT2D eigenvalue weighted by atomic mass is 10.1. The molecule has 0 unspecified atom stereocenters. The maximum Gasteiger partial charge on any atom is 0.234 e. The summed E-state index contributed by atoms with van der Waals surface area (Å²) in [4.78, 5) is 14.2. The zero-order valence-corrected chi connectivity index (χ0v) is 16.6. The highest BCUT2D eigenvalue weighted by molar-refractivity contribution is 5.77. The van der Waals surface area contributed by atoms with E-state index in [0.29, 0.717) is 39.5 Å². The van der Waals surface area contributed by atoms with E-state index in [4.69, 9.17) is 14.2 Å². The van der Waals surface area contributed by atoms with Crippen LogP contribution in [-0.4, -0.2) is 50.8 Å². The van der Waals surface area contributed by atoms with Gasteiger partial charge in [-0.25, -0.2) is 0 Å². The molecule has 2 aromatic rings. The minimum Gasteiger partial charge on any atom is -0.494 e. The van der Waals surface area contributed by atoms with Gasteiger partial charge in [0.1, 0.15) is 19.0 Å². The van der Waals surface area contributed by atoms with E-state index >= 15 is 0 Å².